The first-order valence-electron chi connectivity index (χ1n) is 6.94. The quantitative estimate of drug-likeness (QED) is 0.371. The van der Waals surface area contributed by atoms with Crippen molar-refractivity contribution >= 4 is 5.71 Å². The Labute approximate surface area is 114 Å². The van der Waals surface area contributed by atoms with Gasteiger partial charge in [0, 0.05) is 12.1 Å². The first-order chi connectivity index (χ1) is 9.31. The number of hydrogen-bond acceptors (Lipinski definition) is 4. The van der Waals surface area contributed by atoms with Crippen LogP contribution in [0, 0.1) is 0 Å². The second-order valence-electron chi connectivity index (χ2n) is 4.93. The molecule has 4 nitrogen and oxygen atoms in total. The van der Waals surface area contributed by atoms with Crippen LogP contribution in [0.4, 0.5) is 0 Å². The molecule has 0 aliphatic carbocycles. The van der Waals surface area contributed by atoms with Crippen LogP contribution in [0.15, 0.2) is 29.4 Å². The maximum absolute atomic E-state index is 8.85. The second kappa shape index (κ2) is 7.14. The van der Waals surface area contributed by atoms with E-state index in [0.717, 1.165) is 24.3 Å². The first-order valence-corrected chi connectivity index (χ1v) is 6.94. The van der Waals surface area contributed by atoms with Gasteiger partial charge in [0.25, 0.3) is 0 Å². The zero-order chi connectivity index (χ0) is 13.5. The SMILES string of the molecule is C/C(=N/O)c1ccccc1OCCCN1CCCC1. The van der Waals surface area contributed by atoms with Crippen LogP contribution in [0.2, 0.25) is 0 Å². The highest BCUT2D eigenvalue weighted by atomic mass is 16.5. The highest BCUT2D eigenvalue weighted by molar-refractivity contribution is 6.00. The minimum absolute atomic E-state index is 0.579. The summed E-state index contributed by atoms with van der Waals surface area (Å²) in [5, 5.41) is 12.1. The first kappa shape index (κ1) is 13.9. The summed E-state index contributed by atoms with van der Waals surface area (Å²) >= 11 is 0. The summed E-state index contributed by atoms with van der Waals surface area (Å²) in [6, 6.07) is 7.68. The van der Waals surface area contributed by atoms with Gasteiger partial charge < -0.3 is 14.8 Å². The number of nitrogens with zero attached hydrogens (tertiary/aromatic N) is 2. The Hall–Kier alpha value is -1.55. The number of likely N-dealkylation sites (tertiary alicyclic amines) is 1. The summed E-state index contributed by atoms with van der Waals surface area (Å²) in [4.78, 5) is 2.48. The Balaban J connectivity index is 1.82. The Morgan fingerprint density at radius 3 is 2.79 bits per heavy atom. The van der Waals surface area contributed by atoms with E-state index in [1.807, 2.05) is 24.3 Å². The van der Waals surface area contributed by atoms with E-state index in [1.165, 1.54) is 25.9 Å². The molecule has 0 saturated carbocycles. The second-order valence-corrected chi connectivity index (χ2v) is 4.93. The van der Waals surface area contributed by atoms with Crippen molar-refractivity contribution in [3.63, 3.8) is 0 Å². The summed E-state index contributed by atoms with van der Waals surface area (Å²) in [5.41, 5.74) is 1.43. The molecule has 1 heterocycles. The van der Waals surface area contributed by atoms with E-state index in [0.29, 0.717) is 12.3 Å². The van der Waals surface area contributed by atoms with E-state index in [9.17, 15) is 0 Å². The lowest BCUT2D eigenvalue weighted by atomic mass is 10.1. The van der Waals surface area contributed by atoms with Crippen molar-refractivity contribution in [2.75, 3.05) is 26.2 Å². The molecule has 0 aromatic heterocycles. The van der Waals surface area contributed by atoms with Gasteiger partial charge in [-0.1, -0.05) is 17.3 Å². The van der Waals surface area contributed by atoms with E-state index < -0.39 is 0 Å². The van der Waals surface area contributed by atoms with Gasteiger partial charge in [0.2, 0.25) is 0 Å². The van der Waals surface area contributed by atoms with Crippen LogP contribution in [0.3, 0.4) is 0 Å². The maximum Gasteiger partial charge on any atom is 0.128 e. The summed E-state index contributed by atoms with van der Waals surface area (Å²) < 4.78 is 5.80. The van der Waals surface area contributed by atoms with Gasteiger partial charge in [-0.15, -0.1) is 0 Å². The van der Waals surface area contributed by atoms with Crippen LogP contribution >= 0.6 is 0 Å². The molecule has 0 unspecified atom stereocenters. The fraction of sp³-hybridized carbons (Fsp3) is 0.533. The lowest BCUT2D eigenvalue weighted by Gasteiger charge is -2.15. The van der Waals surface area contributed by atoms with E-state index in [1.54, 1.807) is 6.92 Å². The van der Waals surface area contributed by atoms with Crippen molar-refractivity contribution in [2.24, 2.45) is 5.16 Å². The summed E-state index contributed by atoms with van der Waals surface area (Å²) in [6.45, 7) is 6.04. The van der Waals surface area contributed by atoms with Crippen molar-refractivity contribution in [3.8, 4) is 5.75 Å². The van der Waals surface area contributed by atoms with E-state index >= 15 is 0 Å². The van der Waals surface area contributed by atoms with Gasteiger partial charge in [0.05, 0.1) is 12.3 Å². The maximum atomic E-state index is 8.85. The predicted molar refractivity (Wildman–Crippen MR) is 76.2 cm³/mol. The molecule has 0 spiro atoms. The monoisotopic (exact) mass is 262 g/mol. The zero-order valence-electron chi connectivity index (χ0n) is 11.5. The third-order valence-corrected chi connectivity index (χ3v) is 3.50. The molecule has 1 fully saturated rings. The highest BCUT2D eigenvalue weighted by Crippen LogP contribution is 2.19. The Morgan fingerprint density at radius 1 is 1.32 bits per heavy atom. The van der Waals surface area contributed by atoms with Crippen LogP contribution < -0.4 is 4.74 Å². The largest absolute Gasteiger partial charge is 0.493 e. The van der Waals surface area contributed by atoms with Gasteiger partial charge in [0.15, 0.2) is 0 Å². The number of ether oxygens (including phenoxy) is 1. The molecule has 0 bridgehead atoms. The van der Waals surface area contributed by atoms with Crippen LogP contribution in [-0.4, -0.2) is 42.1 Å². The average Bonchev–Trinajstić information content (AvgIpc) is 2.96. The molecule has 1 saturated heterocycles. The van der Waals surface area contributed by atoms with Gasteiger partial charge in [-0.2, -0.15) is 0 Å². The van der Waals surface area contributed by atoms with Crippen LogP contribution in [0.1, 0.15) is 31.7 Å². The molecule has 1 aromatic rings. The number of para-hydroxylation sites is 1. The van der Waals surface area contributed by atoms with Crippen molar-refractivity contribution in [1.29, 1.82) is 0 Å². The minimum Gasteiger partial charge on any atom is -0.493 e. The molecule has 19 heavy (non-hydrogen) atoms. The van der Waals surface area contributed by atoms with Crippen LogP contribution in [-0.2, 0) is 0 Å². The van der Waals surface area contributed by atoms with E-state index in [-0.39, 0.29) is 0 Å². The molecule has 4 heteroatoms. The fourth-order valence-corrected chi connectivity index (χ4v) is 2.42. The van der Waals surface area contributed by atoms with Crippen molar-refractivity contribution in [1.82, 2.24) is 4.90 Å². The van der Waals surface area contributed by atoms with Gasteiger partial charge in [-0.05, 0) is 51.4 Å². The summed E-state index contributed by atoms with van der Waals surface area (Å²) in [7, 11) is 0. The van der Waals surface area contributed by atoms with Crippen molar-refractivity contribution in [3.05, 3.63) is 29.8 Å². The van der Waals surface area contributed by atoms with Crippen LogP contribution in [0.25, 0.3) is 0 Å². The Kier molecular flexibility index (Phi) is 5.21. The number of benzene rings is 1. The summed E-state index contributed by atoms with van der Waals surface area (Å²) in [6.07, 6.45) is 3.69. The number of oxime groups is 1. The molecule has 0 amide bonds. The average molecular weight is 262 g/mol. The molecule has 1 aliphatic rings. The molecule has 1 aromatic carbocycles. The molecule has 104 valence electrons. The Morgan fingerprint density at radius 2 is 2.05 bits per heavy atom. The van der Waals surface area contributed by atoms with Crippen molar-refractivity contribution in [2.45, 2.75) is 26.2 Å². The third-order valence-electron chi connectivity index (χ3n) is 3.50. The van der Waals surface area contributed by atoms with E-state index in [2.05, 4.69) is 10.1 Å². The third kappa shape index (κ3) is 3.96. The molecule has 0 atom stereocenters. The predicted octanol–water partition coefficient (Wildman–Crippen LogP) is 2.75. The van der Waals surface area contributed by atoms with E-state index in [4.69, 9.17) is 9.94 Å². The zero-order valence-corrected chi connectivity index (χ0v) is 11.5. The van der Waals surface area contributed by atoms with Gasteiger partial charge in [-0.3, -0.25) is 0 Å². The minimum atomic E-state index is 0.579. The van der Waals surface area contributed by atoms with Crippen molar-refractivity contribution < 1.29 is 9.94 Å². The molecule has 1 aliphatic heterocycles. The molecule has 1 N–H and O–H groups in total. The van der Waals surface area contributed by atoms with Crippen LogP contribution in [0.5, 0.6) is 5.75 Å². The van der Waals surface area contributed by atoms with Gasteiger partial charge in [0.1, 0.15) is 5.75 Å². The lowest BCUT2D eigenvalue weighted by Crippen LogP contribution is -2.22. The standard InChI is InChI=1S/C15H22N2O2/c1-13(16-18)14-7-2-3-8-15(14)19-12-6-11-17-9-4-5-10-17/h2-3,7-8,18H,4-6,9-12H2,1H3/b16-13-. The molecule has 2 rings (SSSR count). The number of hydrogen-bond donors (Lipinski definition) is 1. The highest BCUT2D eigenvalue weighted by Gasteiger charge is 2.11. The number of rotatable bonds is 6. The Bertz CT molecular complexity index is 426. The lowest BCUT2D eigenvalue weighted by molar-refractivity contribution is 0.263. The smallest absolute Gasteiger partial charge is 0.128 e. The van der Waals surface area contributed by atoms with Gasteiger partial charge >= 0.3 is 0 Å². The topological polar surface area (TPSA) is 45.1 Å². The fourth-order valence-electron chi connectivity index (χ4n) is 2.42. The normalized spacial score (nSPS) is 16.8. The molecular formula is C15H22N2O2. The summed E-state index contributed by atoms with van der Waals surface area (Å²) in [5.74, 6) is 0.791. The van der Waals surface area contributed by atoms with Gasteiger partial charge in [-0.25, -0.2) is 0 Å². The molecular weight excluding hydrogens is 240 g/mol. The molecule has 0 radical (unpaired) electrons.